The Kier molecular flexibility index (Phi) is 3.13. The number of benzene rings is 1. The Labute approximate surface area is 99.5 Å². The Hall–Kier alpha value is -1.84. The van der Waals surface area contributed by atoms with E-state index in [2.05, 4.69) is 0 Å². The first kappa shape index (κ1) is 11.6. The van der Waals surface area contributed by atoms with E-state index < -0.39 is 6.10 Å². The molecule has 0 aromatic heterocycles. The standard InChI is InChI=1S/C13H14O4/c1-3-11(14)8(2)17-9-4-5-10-12(15)7-16-13(10)6-9/h4-6,8H,3,7H2,1-2H3. The smallest absolute Gasteiger partial charge is 0.203 e. The molecule has 1 unspecified atom stereocenters. The third-order valence-corrected chi connectivity index (χ3v) is 2.73. The number of rotatable bonds is 4. The molecule has 0 aliphatic carbocycles. The van der Waals surface area contributed by atoms with Gasteiger partial charge in [0.1, 0.15) is 11.5 Å². The molecule has 1 aromatic rings. The molecule has 0 bridgehead atoms. The van der Waals surface area contributed by atoms with Crippen molar-refractivity contribution in [2.24, 2.45) is 0 Å². The number of Topliss-reactive ketones (excluding diaryl/α,β-unsaturated/α-hetero) is 2. The quantitative estimate of drug-likeness (QED) is 0.799. The number of hydrogen-bond acceptors (Lipinski definition) is 4. The molecule has 0 N–H and O–H groups in total. The molecule has 1 atom stereocenters. The van der Waals surface area contributed by atoms with Crippen LogP contribution in [-0.4, -0.2) is 24.3 Å². The van der Waals surface area contributed by atoms with Gasteiger partial charge in [0.25, 0.3) is 0 Å². The first-order valence-electron chi connectivity index (χ1n) is 5.61. The first-order chi connectivity index (χ1) is 8.11. The number of carbonyl (C=O) groups excluding carboxylic acids is 2. The third-order valence-electron chi connectivity index (χ3n) is 2.73. The van der Waals surface area contributed by atoms with Crippen LogP contribution in [0.1, 0.15) is 30.6 Å². The monoisotopic (exact) mass is 234 g/mol. The van der Waals surface area contributed by atoms with Gasteiger partial charge in [-0.2, -0.15) is 0 Å². The molecular weight excluding hydrogens is 220 g/mol. The molecule has 1 heterocycles. The lowest BCUT2D eigenvalue weighted by molar-refractivity contribution is -0.124. The van der Waals surface area contributed by atoms with Gasteiger partial charge in [0, 0.05) is 12.5 Å². The fraction of sp³-hybridized carbons (Fsp3) is 0.385. The average Bonchev–Trinajstić information content (AvgIpc) is 2.69. The summed E-state index contributed by atoms with van der Waals surface area (Å²) in [5.74, 6) is 1.10. The fourth-order valence-corrected chi connectivity index (χ4v) is 1.70. The van der Waals surface area contributed by atoms with Gasteiger partial charge in [-0.25, -0.2) is 0 Å². The van der Waals surface area contributed by atoms with Crippen LogP contribution in [0, 0.1) is 0 Å². The predicted octanol–water partition coefficient (Wildman–Crippen LogP) is 2.01. The van der Waals surface area contributed by atoms with E-state index in [0.717, 1.165) is 0 Å². The van der Waals surface area contributed by atoms with E-state index in [0.29, 0.717) is 23.5 Å². The molecule has 1 aromatic carbocycles. The molecular formula is C13H14O4. The number of hydrogen-bond donors (Lipinski definition) is 0. The summed E-state index contributed by atoms with van der Waals surface area (Å²) in [6, 6.07) is 5.01. The Balaban J connectivity index is 2.14. The van der Waals surface area contributed by atoms with E-state index in [9.17, 15) is 9.59 Å². The summed E-state index contributed by atoms with van der Waals surface area (Å²) in [4.78, 5) is 22.7. The minimum atomic E-state index is -0.477. The molecule has 4 heteroatoms. The van der Waals surface area contributed by atoms with Gasteiger partial charge >= 0.3 is 0 Å². The van der Waals surface area contributed by atoms with Crippen LogP contribution in [0.5, 0.6) is 11.5 Å². The maximum Gasteiger partial charge on any atom is 0.203 e. The van der Waals surface area contributed by atoms with E-state index >= 15 is 0 Å². The number of ether oxygens (including phenoxy) is 2. The maximum atomic E-state index is 11.4. The van der Waals surface area contributed by atoms with Crippen molar-refractivity contribution in [1.29, 1.82) is 0 Å². The molecule has 1 aliphatic heterocycles. The van der Waals surface area contributed by atoms with Crippen molar-refractivity contribution in [3.8, 4) is 11.5 Å². The van der Waals surface area contributed by atoms with Crippen molar-refractivity contribution in [3.63, 3.8) is 0 Å². The zero-order chi connectivity index (χ0) is 12.4. The van der Waals surface area contributed by atoms with Gasteiger partial charge in [0.15, 0.2) is 18.5 Å². The Bertz CT molecular complexity index is 464. The van der Waals surface area contributed by atoms with Crippen LogP contribution < -0.4 is 9.47 Å². The number of ketones is 2. The number of fused-ring (bicyclic) bond motifs is 1. The van der Waals surface area contributed by atoms with E-state index in [1.165, 1.54) is 0 Å². The summed E-state index contributed by atoms with van der Waals surface area (Å²) >= 11 is 0. The van der Waals surface area contributed by atoms with Gasteiger partial charge in [-0.1, -0.05) is 6.92 Å². The summed E-state index contributed by atoms with van der Waals surface area (Å²) in [6.45, 7) is 3.60. The van der Waals surface area contributed by atoms with Crippen molar-refractivity contribution in [3.05, 3.63) is 23.8 Å². The maximum absolute atomic E-state index is 11.4. The van der Waals surface area contributed by atoms with Crippen molar-refractivity contribution in [1.82, 2.24) is 0 Å². The molecule has 0 fully saturated rings. The van der Waals surface area contributed by atoms with Gasteiger partial charge in [-0.15, -0.1) is 0 Å². The summed E-state index contributed by atoms with van der Waals surface area (Å²) < 4.78 is 10.7. The second-order valence-corrected chi connectivity index (χ2v) is 3.95. The molecule has 17 heavy (non-hydrogen) atoms. The highest BCUT2D eigenvalue weighted by atomic mass is 16.5. The molecule has 0 amide bonds. The van der Waals surface area contributed by atoms with Gasteiger partial charge in [0.2, 0.25) is 5.78 Å². The largest absolute Gasteiger partial charge is 0.485 e. The van der Waals surface area contributed by atoms with Crippen molar-refractivity contribution < 1.29 is 19.1 Å². The summed E-state index contributed by atoms with van der Waals surface area (Å²) in [7, 11) is 0. The van der Waals surface area contributed by atoms with Crippen LogP contribution >= 0.6 is 0 Å². The first-order valence-corrected chi connectivity index (χ1v) is 5.61. The molecule has 90 valence electrons. The predicted molar refractivity (Wildman–Crippen MR) is 61.7 cm³/mol. The Morgan fingerprint density at radius 3 is 3.00 bits per heavy atom. The van der Waals surface area contributed by atoms with Crippen molar-refractivity contribution in [2.75, 3.05) is 6.61 Å². The zero-order valence-electron chi connectivity index (χ0n) is 9.86. The molecule has 0 spiro atoms. The van der Waals surface area contributed by atoms with E-state index in [4.69, 9.17) is 9.47 Å². The van der Waals surface area contributed by atoms with Gasteiger partial charge in [-0.05, 0) is 19.1 Å². The summed E-state index contributed by atoms with van der Waals surface area (Å²) in [5, 5.41) is 0. The van der Waals surface area contributed by atoms with E-state index in [-0.39, 0.29) is 18.2 Å². The van der Waals surface area contributed by atoms with Gasteiger partial charge in [0.05, 0.1) is 5.56 Å². The van der Waals surface area contributed by atoms with Crippen molar-refractivity contribution in [2.45, 2.75) is 26.4 Å². The van der Waals surface area contributed by atoms with Crippen LogP contribution in [-0.2, 0) is 4.79 Å². The SMILES string of the molecule is CCC(=O)C(C)Oc1ccc2c(c1)OCC2=O. The van der Waals surface area contributed by atoms with E-state index in [1.54, 1.807) is 32.0 Å². The molecule has 2 rings (SSSR count). The average molecular weight is 234 g/mol. The minimum absolute atomic E-state index is 0.0239. The second-order valence-electron chi connectivity index (χ2n) is 3.95. The molecule has 0 radical (unpaired) electrons. The lowest BCUT2D eigenvalue weighted by Gasteiger charge is -2.13. The van der Waals surface area contributed by atoms with E-state index in [1.807, 2.05) is 0 Å². The summed E-state index contributed by atoms with van der Waals surface area (Å²) in [6.07, 6.45) is -0.0312. The fourth-order valence-electron chi connectivity index (χ4n) is 1.70. The van der Waals surface area contributed by atoms with Gasteiger partial charge < -0.3 is 9.47 Å². The molecule has 1 aliphatic rings. The Morgan fingerprint density at radius 1 is 1.53 bits per heavy atom. The minimum Gasteiger partial charge on any atom is -0.485 e. The highest BCUT2D eigenvalue weighted by Crippen LogP contribution is 2.29. The highest BCUT2D eigenvalue weighted by molar-refractivity contribution is 6.02. The van der Waals surface area contributed by atoms with Crippen LogP contribution in [0.15, 0.2) is 18.2 Å². The van der Waals surface area contributed by atoms with Crippen LogP contribution in [0.4, 0.5) is 0 Å². The number of carbonyl (C=O) groups is 2. The molecule has 0 saturated heterocycles. The lowest BCUT2D eigenvalue weighted by Crippen LogP contribution is -2.22. The normalized spacial score (nSPS) is 15.1. The Morgan fingerprint density at radius 2 is 2.29 bits per heavy atom. The zero-order valence-corrected chi connectivity index (χ0v) is 9.86. The highest BCUT2D eigenvalue weighted by Gasteiger charge is 2.22. The van der Waals surface area contributed by atoms with Crippen LogP contribution in [0.2, 0.25) is 0 Å². The topological polar surface area (TPSA) is 52.6 Å². The van der Waals surface area contributed by atoms with Crippen LogP contribution in [0.3, 0.4) is 0 Å². The van der Waals surface area contributed by atoms with Crippen LogP contribution in [0.25, 0.3) is 0 Å². The summed E-state index contributed by atoms with van der Waals surface area (Å²) in [5.41, 5.74) is 0.576. The molecule has 0 saturated carbocycles. The lowest BCUT2D eigenvalue weighted by atomic mass is 10.1. The van der Waals surface area contributed by atoms with Crippen molar-refractivity contribution >= 4 is 11.6 Å². The van der Waals surface area contributed by atoms with Gasteiger partial charge in [-0.3, -0.25) is 9.59 Å². The second kappa shape index (κ2) is 4.57. The molecule has 4 nitrogen and oxygen atoms in total. The third kappa shape index (κ3) is 2.30.